The van der Waals surface area contributed by atoms with E-state index in [9.17, 15) is 18.0 Å². The third-order valence-electron chi connectivity index (χ3n) is 4.50. The molecule has 8 heteroatoms. The maximum atomic E-state index is 12.6. The van der Waals surface area contributed by atoms with Crippen LogP contribution in [0.5, 0.6) is 0 Å². The lowest BCUT2D eigenvalue weighted by molar-refractivity contribution is -0.119. The number of nitrogens with zero attached hydrogens (tertiary/aromatic N) is 2. The van der Waals surface area contributed by atoms with Gasteiger partial charge in [0.1, 0.15) is 0 Å². The molecule has 0 spiro atoms. The van der Waals surface area contributed by atoms with Gasteiger partial charge >= 0.3 is 0 Å². The van der Waals surface area contributed by atoms with Gasteiger partial charge in [0, 0.05) is 31.7 Å². The Morgan fingerprint density at radius 1 is 1.24 bits per heavy atom. The highest BCUT2D eigenvalue weighted by molar-refractivity contribution is 7.89. The molecule has 1 aromatic rings. The Kier molecular flexibility index (Phi) is 4.66. The minimum Gasteiger partial charge on any atom is -0.347 e. The average Bonchev–Trinajstić information content (AvgIpc) is 3.41. The zero-order valence-electron chi connectivity index (χ0n) is 14.0. The summed E-state index contributed by atoms with van der Waals surface area (Å²) in [6, 6.07) is 6.11. The third-order valence-corrected chi connectivity index (χ3v) is 6.34. The first kappa shape index (κ1) is 17.6. The largest absolute Gasteiger partial charge is 0.347 e. The highest BCUT2D eigenvalue weighted by Gasteiger charge is 2.37. The number of amides is 2. The van der Waals surface area contributed by atoms with E-state index in [1.54, 1.807) is 24.1 Å². The molecule has 0 radical (unpaired) electrons. The van der Waals surface area contributed by atoms with Crippen molar-refractivity contribution < 1.29 is 18.0 Å². The first-order valence-electron chi connectivity index (χ1n) is 8.13. The van der Waals surface area contributed by atoms with Gasteiger partial charge in [0.25, 0.3) is 0 Å². The fourth-order valence-corrected chi connectivity index (χ4v) is 4.24. The first-order valence-corrected chi connectivity index (χ1v) is 9.57. The molecule has 1 saturated carbocycles. The predicted molar refractivity (Wildman–Crippen MR) is 93.5 cm³/mol. The highest BCUT2D eigenvalue weighted by Crippen LogP contribution is 2.32. The minimum absolute atomic E-state index is 0.0687. The van der Waals surface area contributed by atoms with Crippen molar-refractivity contribution in [1.82, 2.24) is 9.62 Å². The minimum atomic E-state index is -3.59. The van der Waals surface area contributed by atoms with E-state index in [0.29, 0.717) is 5.69 Å². The van der Waals surface area contributed by atoms with Crippen molar-refractivity contribution in [2.45, 2.75) is 23.8 Å². The van der Waals surface area contributed by atoms with Crippen molar-refractivity contribution in [2.75, 3.05) is 25.0 Å². The molecule has 0 atom stereocenters. The number of hydrogen-bond acceptors (Lipinski definition) is 4. The fraction of sp³-hybridized carbons (Fsp3) is 0.412. The highest BCUT2D eigenvalue weighted by atomic mass is 32.2. The van der Waals surface area contributed by atoms with Crippen molar-refractivity contribution in [1.29, 1.82) is 0 Å². The molecule has 3 rings (SSSR count). The van der Waals surface area contributed by atoms with Crippen molar-refractivity contribution in [2.24, 2.45) is 5.92 Å². The van der Waals surface area contributed by atoms with Gasteiger partial charge in [-0.2, -0.15) is 4.31 Å². The quantitative estimate of drug-likeness (QED) is 0.755. The molecule has 25 heavy (non-hydrogen) atoms. The van der Waals surface area contributed by atoms with E-state index in [1.807, 2.05) is 0 Å². The molecule has 0 bridgehead atoms. The molecule has 0 unspecified atom stereocenters. The van der Waals surface area contributed by atoms with E-state index in [1.165, 1.54) is 16.4 Å². The standard InChI is InChI=1S/C17H21N3O4S/c1-3-16(21)18-13-10-20(11-13)25(23,24)15-8-6-14(7-9-15)19(2)17(22)12-4-5-12/h3,6-9,12-13H,1,4-5,10-11H2,2H3,(H,18,21). The summed E-state index contributed by atoms with van der Waals surface area (Å²) in [7, 11) is -1.89. The van der Waals surface area contributed by atoms with Gasteiger partial charge in [-0.15, -0.1) is 0 Å². The van der Waals surface area contributed by atoms with Crippen LogP contribution < -0.4 is 10.2 Å². The Labute approximate surface area is 147 Å². The number of rotatable bonds is 6. The Morgan fingerprint density at radius 3 is 2.36 bits per heavy atom. The maximum Gasteiger partial charge on any atom is 0.243 e. The second-order valence-electron chi connectivity index (χ2n) is 6.40. The smallest absolute Gasteiger partial charge is 0.243 e. The predicted octanol–water partition coefficient (Wildman–Crippen LogP) is 0.734. The maximum absolute atomic E-state index is 12.6. The van der Waals surface area contributed by atoms with Crippen molar-refractivity contribution in [3.8, 4) is 0 Å². The van der Waals surface area contributed by atoms with E-state index in [2.05, 4.69) is 11.9 Å². The van der Waals surface area contributed by atoms with Gasteiger partial charge in [0.05, 0.1) is 10.9 Å². The van der Waals surface area contributed by atoms with Gasteiger partial charge in [-0.3, -0.25) is 9.59 Å². The van der Waals surface area contributed by atoms with Crippen LogP contribution in [0.15, 0.2) is 41.8 Å². The number of hydrogen-bond donors (Lipinski definition) is 1. The first-order chi connectivity index (χ1) is 11.8. The number of sulfonamides is 1. The van der Waals surface area contributed by atoms with Crippen LogP contribution in [0.1, 0.15) is 12.8 Å². The number of benzene rings is 1. The lowest BCUT2D eigenvalue weighted by Gasteiger charge is -2.38. The van der Waals surface area contributed by atoms with Crippen LogP contribution in [0, 0.1) is 5.92 Å². The summed E-state index contributed by atoms with van der Waals surface area (Å²) in [6.45, 7) is 3.84. The molecule has 1 aromatic carbocycles. The number of anilines is 1. The van der Waals surface area contributed by atoms with Crippen molar-refractivity contribution >= 4 is 27.5 Å². The summed E-state index contributed by atoms with van der Waals surface area (Å²) in [4.78, 5) is 25.0. The average molecular weight is 363 g/mol. The molecular weight excluding hydrogens is 342 g/mol. The number of carbonyl (C=O) groups excluding carboxylic acids is 2. The molecule has 134 valence electrons. The summed E-state index contributed by atoms with van der Waals surface area (Å²) < 4.78 is 26.4. The van der Waals surface area contributed by atoms with E-state index in [4.69, 9.17) is 0 Å². The molecule has 7 nitrogen and oxygen atoms in total. The lowest BCUT2D eigenvalue weighted by Crippen LogP contribution is -2.60. The molecule has 1 N–H and O–H groups in total. The molecule has 1 saturated heterocycles. The van der Waals surface area contributed by atoms with E-state index in [0.717, 1.165) is 18.9 Å². The summed E-state index contributed by atoms with van der Waals surface area (Å²) in [5.41, 5.74) is 0.676. The zero-order chi connectivity index (χ0) is 18.2. The molecule has 1 heterocycles. The Balaban J connectivity index is 1.64. The van der Waals surface area contributed by atoms with Crippen LogP contribution in [0.4, 0.5) is 5.69 Å². The normalized spacial score (nSPS) is 18.3. The summed E-state index contributed by atoms with van der Waals surface area (Å²) >= 11 is 0. The zero-order valence-corrected chi connectivity index (χ0v) is 14.8. The monoisotopic (exact) mass is 363 g/mol. The van der Waals surface area contributed by atoms with Crippen LogP contribution >= 0.6 is 0 Å². The van der Waals surface area contributed by atoms with Crippen LogP contribution in [0.3, 0.4) is 0 Å². The number of nitrogens with one attached hydrogen (secondary N) is 1. The molecule has 1 aliphatic heterocycles. The summed E-state index contributed by atoms with van der Waals surface area (Å²) in [5.74, 6) is -0.133. The van der Waals surface area contributed by atoms with Crippen molar-refractivity contribution in [3.05, 3.63) is 36.9 Å². The van der Waals surface area contributed by atoms with Crippen LogP contribution in [0.25, 0.3) is 0 Å². The third kappa shape index (κ3) is 3.59. The molecular formula is C17H21N3O4S. The van der Waals surface area contributed by atoms with Crippen molar-refractivity contribution in [3.63, 3.8) is 0 Å². The number of carbonyl (C=O) groups is 2. The lowest BCUT2D eigenvalue weighted by atomic mass is 10.2. The molecule has 0 aromatic heterocycles. The molecule has 2 amide bonds. The van der Waals surface area contributed by atoms with Crippen LogP contribution in [0.2, 0.25) is 0 Å². The summed E-state index contributed by atoms with van der Waals surface area (Å²) in [6.07, 6.45) is 3.01. The van der Waals surface area contributed by atoms with Gasteiger partial charge < -0.3 is 10.2 Å². The second-order valence-corrected chi connectivity index (χ2v) is 8.34. The van der Waals surface area contributed by atoms with Gasteiger partial charge in [-0.1, -0.05) is 6.58 Å². The van der Waals surface area contributed by atoms with E-state index >= 15 is 0 Å². The Bertz CT molecular complexity index is 794. The fourth-order valence-electron chi connectivity index (χ4n) is 2.71. The topological polar surface area (TPSA) is 86.8 Å². The Hall–Kier alpha value is -2.19. The van der Waals surface area contributed by atoms with Gasteiger partial charge in [0.2, 0.25) is 21.8 Å². The molecule has 2 aliphatic rings. The van der Waals surface area contributed by atoms with E-state index < -0.39 is 10.0 Å². The van der Waals surface area contributed by atoms with Gasteiger partial charge in [0.15, 0.2) is 0 Å². The van der Waals surface area contributed by atoms with Crippen LogP contribution in [-0.2, 0) is 19.6 Å². The summed E-state index contributed by atoms with van der Waals surface area (Å²) in [5, 5.41) is 2.67. The molecule has 2 fully saturated rings. The van der Waals surface area contributed by atoms with Gasteiger partial charge in [-0.05, 0) is 43.2 Å². The van der Waals surface area contributed by atoms with Gasteiger partial charge in [-0.25, -0.2) is 8.42 Å². The van der Waals surface area contributed by atoms with Crippen LogP contribution in [-0.4, -0.2) is 50.7 Å². The Morgan fingerprint density at radius 2 is 1.84 bits per heavy atom. The second kappa shape index (κ2) is 6.61. The molecule has 1 aliphatic carbocycles. The van der Waals surface area contributed by atoms with E-state index in [-0.39, 0.29) is 41.8 Å². The SMILES string of the molecule is C=CC(=O)NC1CN(S(=O)(=O)c2ccc(N(C)C(=O)C3CC3)cc2)C1.